The van der Waals surface area contributed by atoms with Gasteiger partial charge in [0.25, 0.3) is 0 Å². The third-order valence-corrected chi connectivity index (χ3v) is 8.47. The molecule has 9 heteroatoms. The summed E-state index contributed by atoms with van der Waals surface area (Å²) in [4.78, 5) is 23.6. The number of alkyl carbamates (subject to hydrolysis) is 1. The Bertz CT molecular complexity index is 1650. The van der Waals surface area contributed by atoms with Gasteiger partial charge in [0.05, 0.1) is 19.1 Å². The van der Waals surface area contributed by atoms with Crippen LogP contribution < -0.4 is 19.5 Å². The minimum Gasteiger partial charge on any atom is -0.492 e. The number of ether oxygens (including phenoxy) is 5. The van der Waals surface area contributed by atoms with Crippen molar-refractivity contribution in [1.82, 2.24) is 5.32 Å². The van der Waals surface area contributed by atoms with Crippen molar-refractivity contribution in [3.63, 3.8) is 0 Å². The van der Waals surface area contributed by atoms with Gasteiger partial charge in [-0.05, 0) is 78.4 Å². The topological polar surface area (TPSA) is 116 Å². The molecule has 9 nitrogen and oxygen atoms in total. The van der Waals surface area contributed by atoms with Crippen LogP contribution in [0.25, 0.3) is 0 Å². The van der Waals surface area contributed by atoms with Crippen molar-refractivity contribution in [1.29, 1.82) is 5.26 Å². The van der Waals surface area contributed by atoms with Gasteiger partial charge in [0, 0.05) is 5.56 Å². The van der Waals surface area contributed by atoms with E-state index in [1.807, 2.05) is 84.9 Å². The normalized spacial score (nSPS) is 14.5. The average molecular weight is 651 g/mol. The van der Waals surface area contributed by atoms with E-state index in [2.05, 4.69) is 39.1 Å². The SMILES string of the molecule is CC1(C)C(C(=O)OC(C#N)c2cccc(Oc3ccccc3)c2)C1(C)C.CCOC(=O)NCCOc1ccc(Oc2ccccc2)cc1. The largest absolute Gasteiger partial charge is 0.492 e. The van der Waals surface area contributed by atoms with Crippen LogP contribution >= 0.6 is 0 Å². The number of benzene rings is 4. The minimum atomic E-state index is -0.950. The smallest absolute Gasteiger partial charge is 0.407 e. The number of hydrogen-bond acceptors (Lipinski definition) is 8. The Morgan fingerprint density at radius 2 is 1.27 bits per heavy atom. The first-order chi connectivity index (χ1) is 23.0. The number of carbonyl (C=O) groups excluding carboxylic acids is 2. The summed E-state index contributed by atoms with van der Waals surface area (Å²) in [5.74, 6) is 3.02. The van der Waals surface area contributed by atoms with E-state index in [4.69, 9.17) is 23.7 Å². The molecule has 0 radical (unpaired) electrons. The average Bonchev–Trinajstić information content (AvgIpc) is 3.51. The van der Waals surface area contributed by atoms with Gasteiger partial charge in [0.15, 0.2) is 0 Å². The van der Waals surface area contributed by atoms with E-state index in [0.29, 0.717) is 42.6 Å². The van der Waals surface area contributed by atoms with E-state index in [0.717, 1.165) is 11.5 Å². The number of carbonyl (C=O) groups is 2. The molecule has 250 valence electrons. The number of nitrogens with one attached hydrogen (secondary N) is 1. The van der Waals surface area contributed by atoms with Gasteiger partial charge in [-0.25, -0.2) is 4.79 Å². The predicted molar refractivity (Wildman–Crippen MR) is 182 cm³/mol. The first-order valence-corrected chi connectivity index (χ1v) is 15.8. The Labute approximate surface area is 282 Å². The second kappa shape index (κ2) is 16.4. The van der Waals surface area contributed by atoms with Gasteiger partial charge in [-0.2, -0.15) is 5.26 Å². The van der Waals surface area contributed by atoms with Gasteiger partial charge in [0.2, 0.25) is 6.10 Å². The van der Waals surface area contributed by atoms with E-state index in [-0.39, 0.29) is 22.7 Å². The summed E-state index contributed by atoms with van der Waals surface area (Å²) in [7, 11) is 0. The van der Waals surface area contributed by atoms with Crippen molar-refractivity contribution in [2.75, 3.05) is 19.8 Å². The highest BCUT2D eigenvalue weighted by molar-refractivity contribution is 5.79. The second-order valence-electron chi connectivity index (χ2n) is 12.2. The molecule has 5 rings (SSSR count). The Kier molecular flexibility index (Phi) is 12.1. The molecule has 1 unspecified atom stereocenters. The van der Waals surface area contributed by atoms with Crippen LogP contribution in [0.3, 0.4) is 0 Å². The van der Waals surface area contributed by atoms with Crippen molar-refractivity contribution in [3.05, 3.63) is 115 Å². The van der Waals surface area contributed by atoms with Gasteiger partial charge in [-0.3, -0.25) is 4.79 Å². The molecule has 1 atom stereocenters. The van der Waals surface area contributed by atoms with E-state index in [1.54, 1.807) is 31.2 Å². The van der Waals surface area contributed by atoms with Crippen LogP contribution in [0.2, 0.25) is 0 Å². The molecule has 1 aliphatic carbocycles. The van der Waals surface area contributed by atoms with Crippen LogP contribution in [-0.4, -0.2) is 31.8 Å². The van der Waals surface area contributed by atoms with Crippen molar-refractivity contribution < 1.29 is 33.3 Å². The van der Waals surface area contributed by atoms with E-state index in [1.165, 1.54) is 0 Å². The fraction of sp³-hybridized carbons (Fsp3) is 0.308. The van der Waals surface area contributed by atoms with Crippen LogP contribution in [-0.2, 0) is 14.3 Å². The molecule has 4 aromatic rings. The molecule has 4 aromatic carbocycles. The molecule has 1 amide bonds. The molecule has 0 aliphatic heterocycles. The third kappa shape index (κ3) is 9.52. The number of hydrogen-bond donors (Lipinski definition) is 1. The molecule has 0 bridgehead atoms. The summed E-state index contributed by atoms with van der Waals surface area (Å²) in [6.45, 7) is 11.1. The predicted octanol–water partition coefficient (Wildman–Crippen LogP) is 8.87. The van der Waals surface area contributed by atoms with Crippen LogP contribution in [0.4, 0.5) is 4.79 Å². The fourth-order valence-electron chi connectivity index (χ4n) is 5.24. The molecule has 1 N–H and O–H groups in total. The summed E-state index contributed by atoms with van der Waals surface area (Å²) in [6, 6.07) is 35.4. The van der Waals surface area contributed by atoms with Crippen molar-refractivity contribution in [3.8, 4) is 34.8 Å². The maximum atomic E-state index is 12.6. The van der Waals surface area contributed by atoms with Gasteiger partial charge in [-0.1, -0.05) is 76.2 Å². The zero-order chi connectivity index (χ0) is 34.6. The number of rotatable bonds is 12. The Hall–Kier alpha value is -5.49. The van der Waals surface area contributed by atoms with Crippen LogP contribution in [0.1, 0.15) is 46.3 Å². The number of para-hydroxylation sites is 2. The lowest BCUT2D eigenvalue weighted by molar-refractivity contribution is -0.150. The summed E-state index contributed by atoms with van der Waals surface area (Å²) in [5, 5.41) is 12.1. The first-order valence-electron chi connectivity index (χ1n) is 15.8. The number of nitriles is 1. The van der Waals surface area contributed by atoms with Crippen LogP contribution in [0, 0.1) is 28.1 Å². The first kappa shape index (κ1) is 35.4. The van der Waals surface area contributed by atoms with Crippen molar-refractivity contribution >= 4 is 12.1 Å². The summed E-state index contributed by atoms with van der Waals surface area (Å²) >= 11 is 0. The van der Waals surface area contributed by atoms with Gasteiger partial charge in [0.1, 0.15) is 41.4 Å². The Morgan fingerprint density at radius 1 is 0.750 bits per heavy atom. The summed E-state index contributed by atoms with van der Waals surface area (Å²) in [5.41, 5.74) is 0.357. The highest BCUT2D eigenvalue weighted by Crippen LogP contribution is 2.68. The lowest BCUT2D eigenvalue weighted by Gasteiger charge is -2.14. The van der Waals surface area contributed by atoms with Crippen molar-refractivity contribution in [2.45, 2.75) is 40.7 Å². The summed E-state index contributed by atoms with van der Waals surface area (Å²) in [6.07, 6.45) is -1.38. The molecular formula is C39H42N2O7. The standard InChI is InChI=1S/C22H23NO3.C17H19NO4/c1-21(2)19(22(21,3)4)20(24)26-18(14-23)15-9-8-12-17(13-15)25-16-10-6-5-7-11-16;1-2-20-17(19)18-12-13-21-14-8-10-16(11-9-14)22-15-6-4-3-5-7-15/h5-13,18-19H,1-4H3;3-11H,2,12-13H2,1H3,(H,18,19). The zero-order valence-corrected chi connectivity index (χ0v) is 28.0. The summed E-state index contributed by atoms with van der Waals surface area (Å²) < 4.78 is 27.3. The molecule has 48 heavy (non-hydrogen) atoms. The highest BCUT2D eigenvalue weighted by Gasteiger charge is 2.69. The van der Waals surface area contributed by atoms with Crippen molar-refractivity contribution in [2.24, 2.45) is 16.7 Å². The van der Waals surface area contributed by atoms with Crippen LogP contribution in [0.5, 0.6) is 28.7 Å². The third-order valence-electron chi connectivity index (χ3n) is 8.47. The quantitative estimate of drug-likeness (QED) is 0.119. The monoisotopic (exact) mass is 650 g/mol. The number of esters is 1. The highest BCUT2D eigenvalue weighted by atomic mass is 16.6. The maximum Gasteiger partial charge on any atom is 0.407 e. The molecule has 1 fully saturated rings. The van der Waals surface area contributed by atoms with E-state index >= 15 is 0 Å². The molecule has 1 aliphatic rings. The molecular weight excluding hydrogens is 608 g/mol. The lowest BCUT2D eigenvalue weighted by Crippen LogP contribution is -2.28. The van der Waals surface area contributed by atoms with Gasteiger partial charge < -0.3 is 29.0 Å². The van der Waals surface area contributed by atoms with Crippen LogP contribution in [0.15, 0.2) is 109 Å². The molecule has 0 saturated heterocycles. The zero-order valence-electron chi connectivity index (χ0n) is 28.0. The fourth-order valence-corrected chi connectivity index (χ4v) is 5.24. The molecule has 0 spiro atoms. The van der Waals surface area contributed by atoms with E-state index < -0.39 is 12.2 Å². The number of nitrogens with zero attached hydrogens (tertiary/aromatic N) is 1. The number of amides is 1. The molecule has 1 saturated carbocycles. The molecule has 0 aromatic heterocycles. The van der Waals surface area contributed by atoms with Gasteiger partial charge in [-0.15, -0.1) is 0 Å². The second-order valence-corrected chi connectivity index (χ2v) is 12.2. The lowest BCUT2D eigenvalue weighted by atomic mass is 10.0. The van der Waals surface area contributed by atoms with Gasteiger partial charge >= 0.3 is 12.1 Å². The Balaban J connectivity index is 0.000000220. The molecule has 0 heterocycles. The Morgan fingerprint density at radius 3 is 1.81 bits per heavy atom. The minimum absolute atomic E-state index is 0.123. The maximum absolute atomic E-state index is 12.6. The van der Waals surface area contributed by atoms with E-state index in [9.17, 15) is 14.9 Å².